The topological polar surface area (TPSA) is 60.9 Å². The van der Waals surface area contributed by atoms with Gasteiger partial charge in [0.15, 0.2) is 0 Å². The summed E-state index contributed by atoms with van der Waals surface area (Å²) in [5.41, 5.74) is 0.475. The van der Waals surface area contributed by atoms with Crippen LogP contribution in [0.25, 0.3) is 0 Å². The zero-order chi connectivity index (χ0) is 14.4. The van der Waals surface area contributed by atoms with Crippen LogP contribution in [0.3, 0.4) is 0 Å². The van der Waals surface area contributed by atoms with Crippen molar-refractivity contribution in [2.24, 2.45) is 0 Å². The van der Waals surface area contributed by atoms with Gasteiger partial charge in [0.1, 0.15) is 6.54 Å². The lowest BCUT2D eigenvalue weighted by molar-refractivity contribution is -0.135. The van der Waals surface area contributed by atoms with Crippen LogP contribution in [0.1, 0.15) is 13.3 Å². The number of carbonyl (C=O) groups excluding carboxylic acids is 1. The van der Waals surface area contributed by atoms with E-state index in [0.717, 1.165) is 6.42 Å². The van der Waals surface area contributed by atoms with E-state index in [0.29, 0.717) is 17.3 Å². The van der Waals surface area contributed by atoms with Crippen molar-refractivity contribution in [3.05, 3.63) is 29.3 Å². The van der Waals surface area contributed by atoms with Crippen molar-refractivity contribution in [2.75, 3.05) is 25.0 Å². The van der Waals surface area contributed by atoms with Crippen LogP contribution in [0, 0.1) is 0 Å². The summed E-state index contributed by atoms with van der Waals surface area (Å²) in [5, 5.41) is 9.39. The smallest absolute Gasteiger partial charge is 0.324 e. The number of urea groups is 1. The van der Waals surface area contributed by atoms with Crippen molar-refractivity contribution in [1.29, 1.82) is 0 Å². The van der Waals surface area contributed by atoms with Crippen LogP contribution >= 0.6 is 11.6 Å². The van der Waals surface area contributed by atoms with E-state index < -0.39 is 12.5 Å². The van der Waals surface area contributed by atoms with E-state index in [4.69, 9.17) is 16.7 Å². The van der Waals surface area contributed by atoms with Gasteiger partial charge in [-0.1, -0.05) is 24.6 Å². The molecule has 2 amide bonds. The first kappa shape index (κ1) is 15.3. The van der Waals surface area contributed by atoms with Crippen molar-refractivity contribution in [2.45, 2.75) is 13.3 Å². The van der Waals surface area contributed by atoms with Crippen LogP contribution in [0.5, 0.6) is 0 Å². The molecule has 6 heteroatoms. The predicted octanol–water partition coefficient (Wildman–Crippen LogP) is 2.69. The van der Waals surface area contributed by atoms with Gasteiger partial charge in [-0.25, -0.2) is 4.79 Å². The van der Waals surface area contributed by atoms with Crippen LogP contribution in [0.4, 0.5) is 10.5 Å². The number of rotatable bonds is 5. The van der Waals surface area contributed by atoms with Gasteiger partial charge in [0.2, 0.25) is 0 Å². The van der Waals surface area contributed by atoms with E-state index in [1.54, 1.807) is 31.3 Å². The number of hydrogen-bond acceptors (Lipinski definition) is 2. The zero-order valence-electron chi connectivity index (χ0n) is 11.0. The van der Waals surface area contributed by atoms with E-state index in [9.17, 15) is 9.59 Å². The third-order valence-electron chi connectivity index (χ3n) is 2.53. The normalized spacial score (nSPS) is 10.1. The van der Waals surface area contributed by atoms with Gasteiger partial charge in [-0.3, -0.25) is 9.69 Å². The average molecular weight is 285 g/mol. The molecule has 0 radical (unpaired) electrons. The molecule has 0 spiro atoms. The first-order chi connectivity index (χ1) is 8.95. The molecule has 5 nitrogen and oxygen atoms in total. The third kappa shape index (κ3) is 4.44. The molecule has 0 aliphatic rings. The first-order valence-electron chi connectivity index (χ1n) is 5.95. The molecule has 0 aromatic heterocycles. The fourth-order valence-electron chi connectivity index (χ4n) is 1.69. The molecule has 19 heavy (non-hydrogen) atoms. The van der Waals surface area contributed by atoms with Crippen LogP contribution in [-0.4, -0.2) is 42.1 Å². The van der Waals surface area contributed by atoms with Crippen LogP contribution in [0.2, 0.25) is 5.02 Å². The Hall–Kier alpha value is -1.75. The Bertz CT molecular complexity index is 465. The average Bonchev–Trinajstić information content (AvgIpc) is 2.35. The molecule has 0 heterocycles. The van der Waals surface area contributed by atoms with Gasteiger partial charge in [0.05, 0.1) is 0 Å². The molecule has 0 fully saturated rings. The number of amides is 2. The quantitative estimate of drug-likeness (QED) is 0.904. The van der Waals surface area contributed by atoms with Crippen LogP contribution < -0.4 is 4.90 Å². The molecule has 1 N–H and O–H groups in total. The fraction of sp³-hybridized carbons (Fsp3) is 0.385. The fourth-order valence-corrected chi connectivity index (χ4v) is 1.87. The van der Waals surface area contributed by atoms with E-state index in [-0.39, 0.29) is 6.03 Å². The number of carboxylic acid groups (broad SMARTS) is 1. The van der Waals surface area contributed by atoms with Gasteiger partial charge >= 0.3 is 12.0 Å². The lowest BCUT2D eigenvalue weighted by Gasteiger charge is -2.27. The summed E-state index contributed by atoms with van der Waals surface area (Å²) in [7, 11) is 1.64. The number of halogens is 1. The summed E-state index contributed by atoms with van der Waals surface area (Å²) in [6, 6.07) is 6.23. The minimum Gasteiger partial charge on any atom is -0.480 e. The highest BCUT2D eigenvalue weighted by atomic mass is 35.5. The molecule has 0 saturated carbocycles. The maximum Gasteiger partial charge on any atom is 0.324 e. The summed E-state index contributed by atoms with van der Waals surface area (Å²) in [6.07, 6.45) is 0.804. The highest BCUT2D eigenvalue weighted by Gasteiger charge is 2.21. The number of aliphatic carboxylic acids is 1. The second-order valence-corrected chi connectivity index (χ2v) is 4.60. The van der Waals surface area contributed by atoms with Crippen molar-refractivity contribution in [3.8, 4) is 0 Å². The molecule has 0 atom stereocenters. The number of anilines is 1. The molecule has 0 bridgehead atoms. The number of carbonyl (C=O) groups is 2. The SMILES string of the molecule is CCCN(C)C(=O)N(CC(=O)O)c1cccc(Cl)c1. The molecule has 0 aliphatic heterocycles. The number of hydrogen-bond donors (Lipinski definition) is 1. The third-order valence-corrected chi connectivity index (χ3v) is 2.76. The van der Waals surface area contributed by atoms with Crippen LogP contribution in [-0.2, 0) is 4.79 Å². The summed E-state index contributed by atoms with van der Waals surface area (Å²) in [4.78, 5) is 25.8. The van der Waals surface area contributed by atoms with Gasteiger partial charge in [0.25, 0.3) is 0 Å². The summed E-state index contributed by atoms with van der Waals surface area (Å²) >= 11 is 5.87. The van der Waals surface area contributed by atoms with E-state index in [1.165, 1.54) is 9.80 Å². The van der Waals surface area contributed by atoms with Gasteiger partial charge in [-0.2, -0.15) is 0 Å². The largest absolute Gasteiger partial charge is 0.480 e. The van der Waals surface area contributed by atoms with Gasteiger partial charge in [0, 0.05) is 24.3 Å². The number of carboxylic acids is 1. The van der Waals surface area contributed by atoms with Gasteiger partial charge in [-0.15, -0.1) is 0 Å². The second kappa shape index (κ2) is 6.99. The Labute approximate surface area is 117 Å². The Morgan fingerprint density at radius 3 is 2.58 bits per heavy atom. The van der Waals surface area contributed by atoms with Gasteiger partial charge < -0.3 is 10.0 Å². The first-order valence-corrected chi connectivity index (χ1v) is 6.33. The second-order valence-electron chi connectivity index (χ2n) is 4.16. The van der Waals surface area contributed by atoms with E-state index >= 15 is 0 Å². The van der Waals surface area contributed by atoms with E-state index in [2.05, 4.69) is 0 Å². The number of nitrogens with zero attached hydrogens (tertiary/aromatic N) is 2. The molecular formula is C13H17ClN2O3. The van der Waals surface area contributed by atoms with Crippen molar-refractivity contribution < 1.29 is 14.7 Å². The van der Waals surface area contributed by atoms with Crippen molar-refractivity contribution in [1.82, 2.24) is 4.90 Å². The van der Waals surface area contributed by atoms with Crippen LogP contribution in [0.15, 0.2) is 24.3 Å². The summed E-state index contributed by atoms with van der Waals surface area (Å²) < 4.78 is 0. The Kier molecular flexibility index (Phi) is 5.63. The Balaban J connectivity index is 3.00. The molecule has 1 rings (SSSR count). The van der Waals surface area contributed by atoms with Crippen molar-refractivity contribution >= 4 is 29.3 Å². The summed E-state index contributed by atoms with van der Waals surface area (Å²) in [5.74, 6) is -1.07. The molecular weight excluding hydrogens is 268 g/mol. The lowest BCUT2D eigenvalue weighted by Crippen LogP contribution is -2.44. The highest BCUT2D eigenvalue weighted by Crippen LogP contribution is 2.20. The van der Waals surface area contributed by atoms with Gasteiger partial charge in [-0.05, 0) is 24.6 Å². The molecule has 0 aliphatic carbocycles. The zero-order valence-corrected chi connectivity index (χ0v) is 11.7. The monoisotopic (exact) mass is 284 g/mol. The Morgan fingerprint density at radius 2 is 2.05 bits per heavy atom. The number of benzene rings is 1. The maximum absolute atomic E-state index is 12.2. The Morgan fingerprint density at radius 1 is 1.37 bits per heavy atom. The molecule has 104 valence electrons. The minimum absolute atomic E-state index is 0.355. The molecule has 0 unspecified atom stereocenters. The standard InChI is InChI=1S/C13H17ClN2O3/c1-3-7-15(2)13(19)16(9-12(17)18)11-6-4-5-10(14)8-11/h4-6,8H,3,7,9H2,1-2H3,(H,17,18). The molecule has 1 aromatic carbocycles. The van der Waals surface area contributed by atoms with Crippen molar-refractivity contribution in [3.63, 3.8) is 0 Å². The summed E-state index contributed by atoms with van der Waals surface area (Å²) in [6.45, 7) is 2.12. The minimum atomic E-state index is -1.07. The highest BCUT2D eigenvalue weighted by molar-refractivity contribution is 6.30. The predicted molar refractivity (Wildman–Crippen MR) is 74.8 cm³/mol. The molecule has 0 saturated heterocycles. The maximum atomic E-state index is 12.2. The molecule has 1 aromatic rings. The lowest BCUT2D eigenvalue weighted by atomic mass is 10.3. The van der Waals surface area contributed by atoms with E-state index in [1.807, 2.05) is 6.92 Å².